The van der Waals surface area contributed by atoms with Gasteiger partial charge in [0.1, 0.15) is 29.6 Å². The first kappa shape index (κ1) is 22.7. The number of hydrogen-bond acceptors (Lipinski definition) is 5. The largest absolute Gasteiger partial charge is 0.497 e. The first-order valence-electron chi connectivity index (χ1n) is 10.2. The van der Waals surface area contributed by atoms with E-state index in [9.17, 15) is 9.59 Å². The molecule has 0 bridgehead atoms. The van der Waals surface area contributed by atoms with E-state index >= 15 is 0 Å². The standard InChI is InChI=1S/C25H26N2O5/c1-17-6-4-7-19(14-17)24(28)27-23(15-22-8-5-13-31-22)25(29)26-18(2)16-32-21-11-9-20(30-3)10-12-21/h4-15,18H,16H2,1-3H3,(H,26,29)(H,27,28)/b23-15-/t18-/m0/s1. The Labute approximate surface area is 187 Å². The molecule has 0 saturated carbocycles. The zero-order valence-electron chi connectivity index (χ0n) is 18.3. The van der Waals surface area contributed by atoms with E-state index in [1.165, 1.54) is 12.3 Å². The molecule has 166 valence electrons. The molecular formula is C25H26N2O5. The Morgan fingerprint density at radius 3 is 2.47 bits per heavy atom. The van der Waals surface area contributed by atoms with Gasteiger partial charge in [-0.05, 0) is 62.4 Å². The fourth-order valence-corrected chi connectivity index (χ4v) is 2.89. The van der Waals surface area contributed by atoms with Crippen LogP contribution in [0.5, 0.6) is 11.5 Å². The second-order valence-corrected chi connectivity index (χ2v) is 7.26. The van der Waals surface area contributed by atoms with E-state index in [-0.39, 0.29) is 24.3 Å². The molecule has 0 fully saturated rings. The summed E-state index contributed by atoms with van der Waals surface area (Å²) in [4.78, 5) is 25.6. The van der Waals surface area contributed by atoms with Crippen molar-refractivity contribution in [2.75, 3.05) is 13.7 Å². The number of nitrogens with one attached hydrogen (secondary N) is 2. The van der Waals surface area contributed by atoms with Gasteiger partial charge in [0.2, 0.25) is 0 Å². The average molecular weight is 434 g/mol. The lowest BCUT2D eigenvalue weighted by molar-refractivity contribution is -0.118. The Bertz CT molecular complexity index is 1070. The van der Waals surface area contributed by atoms with Crippen molar-refractivity contribution in [3.63, 3.8) is 0 Å². The van der Waals surface area contributed by atoms with Crippen LogP contribution in [0.3, 0.4) is 0 Å². The van der Waals surface area contributed by atoms with Gasteiger partial charge in [-0.15, -0.1) is 0 Å². The van der Waals surface area contributed by atoms with Gasteiger partial charge in [0.05, 0.1) is 19.4 Å². The summed E-state index contributed by atoms with van der Waals surface area (Å²) in [6.07, 6.45) is 2.98. The van der Waals surface area contributed by atoms with E-state index in [0.717, 1.165) is 11.3 Å². The number of benzene rings is 2. The van der Waals surface area contributed by atoms with Crippen LogP contribution in [-0.2, 0) is 4.79 Å². The van der Waals surface area contributed by atoms with Crippen LogP contribution in [-0.4, -0.2) is 31.6 Å². The fraction of sp³-hybridized carbons (Fsp3) is 0.200. The summed E-state index contributed by atoms with van der Waals surface area (Å²) in [5, 5.41) is 5.53. The third-order valence-electron chi connectivity index (χ3n) is 4.54. The van der Waals surface area contributed by atoms with E-state index in [4.69, 9.17) is 13.9 Å². The van der Waals surface area contributed by atoms with E-state index in [1.807, 2.05) is 19.9 Å². The second-order valence-electron chi connectivity index (χ2n) is 7.26. The molecule has 0 aliphatic carbocycles. The number of furan rings is 1. The molecule has 32 heavy (non-hydrogen) atoms. The van der Waals surface area contributed by atoms with Gasteiger partial charge in [-0.25, -0.2) is 0 Å². The van der Waals surface area contributed by atoms with Gasteiger partial charge < -0.3 is 24.5 Å². The van der Waals surface area contributed by atoms with Crippen LogP contribution in [0.2, 0.25) is 0 Å². The molecule has 3 aromatic rings. The lowest BCUT2D eigenvalue weighted by Gasteiger charge is -2.17. The van der Waals surface area contributed by atoms with E-state index in [0.29, 0.717) is 17.1 Å². The molecule has 1 heterocycles. The van der Waals surface area contributed by atoms with Crippen LogP contribution in [0.4, 0.5) is 0 Å². The van der Waals surface area contributed by atoms with Crippen molar-refractivity contribution in [1.82, 2.24) is 10.6 Å². The first-order chi connectivity index (χ1) is 15.4. The van der Waals surface area contributed by atoms with Crippen LogP contribution >= 0.6 is 0 Å². The molecule has 3 rings (SSSR count). The van der Waals surface area contributed by atoms with E-state index in [1.54, 1.807) is 61.7 Å². The number of carbonyl (C=O) groups excluding carboxylic acids is 2. The summed E-state index contributed by atoms with van der Waals surface area (Å²) in [5.74, 6) is 1.00. The fourth-order valence-electron chi connectivity index (χ4n) is 2.89. The molecular weight excluding hydrogens is 408 g/mol. The molecule has 2 aromatic carbocycles. The highest BCUT2D eigenvalue weighted by Crippen LogP contribution is 2.17. The monoisotopic (exact) mass is 434 g/mol. The maximum absolute atomic E-state index is 12.9. The third-order valence-corrected chi connectivity index (χ3v) is 4.54. The Hall–Kier alpha value is -4.00. The second kappa shape index (κ2) is 10.9. The average Bonchev–Trinajstić information content (AvgIpc) is 3.30. The Kier molecular flexibility index (Phi) is 7.70. The van der Waals surface area contributed by atoms with Crippen LogP contribution in [0.1, 0.15) is 28.6 Å². The highest BCUT2D eigenvalue weighted by atomic mass is 16.5. The van der Waals surface area contributed by atoms with Crippen molar-refractivity contribution in [1.29, 1.82) is 0 Å². The topological polar surface area (TPSA) is 89.8 Å². The van der Waals surface area contributed by atoms with Crippen molar-refractivity contribution in [2.24, 2.45) is 0 Å². The molecule has 2 N–H and O–H groups in total. The molecule has 0 radical (unpaired) electrons. The van der Waals surface area contributed by atoms with Crippen molar-refractivity contribution in [2.45, 2.75) is 19.9 Å². The maximum atomic E-state index is 12.9. The number of carbonyl (C=O) groups is 2. The molecule has 1 atom stereocenters. The number of ether oxygens (including phenoxy) is 2. The Morgan fingerprint density at radius 2 is 1.81 bits per heavy atom. The van der Waals surface area contributed by atoms with Gasteiger partial charge in [0, 0.05) is 11.6 Å². The molecule has 0 aliphatic rings. The Balaban J connectivity index is 1.65. The van der Waals surface area contributed by atoms with Crippen LogP contribution in [0.25, 0.3) is 6.08 Å². The SMILES string of the molecule is COc1ccc(OC[C@H](C)NC(=O)/C(=C/c2ccco2)NC(=O)c2cccc(C)c2)cc1. The van der Waals surface area contributed by atoms with Crippen molar-refractivity contribution < 1.29 is 23.5 Å². The zero-order valence-corrected chi connectivity index (χ0v) is 18.3. The normalized spacial score (nSPS) is 12.0. The van der Waals surface area contributed by atoms with Crippen molar-refractivity contribution >= 4 is 17.9 Å². The summed E-state index contributed by atoms with van der Waals surface area (Å²) in [5.41, 5.74) is 1.48. The summed E-state index contributed by atoms with van der Waals surface area (Å²) < 4.78 is 16.2. The minimum atomic E-state index is -0.451. The highest BCUT2D eigenvalue weighted by molar-refractivity contribution is 6.05. The summed E-state index contributed by atoms with van der Waals surface area (Å²) in [6, 6.07) is 17.4. The minimum Gasteiger partial charge on any atom is -0.497 e. The molecule has 2 amide bonds. The zero-order chi connectivity index (χ0) is 22.9. The summed E-state index contributed by atoms with van der Waals surface area (Å²) in [6.45, 7) is 3.96. The molecule has 0 unspecified atom stereocenters. The van der Waals surface area contributed by atoms with Gasteiger partial charge in [-0.3, -0.25) is 9.59 Å². The van der Waals surface area contributed by atoms with Crippen molar-refractivity contribution in [3.8, 4) is 11.5 Å². The van der Waals surface area contributed by atoms with Crippen LogP contribution < -0.4 is 20.1 Å². The first-order valence-corrected chi connectivity index (χ1v) is 10.2. The highest BCUT2D eigenvalue weighted by Gasteiger charge is 2.17. The molecule has 0 spiro atoms. The van der Waals surface area contributed by atoms with Crippen LogP contribution in [0.15, 0.2) is 77.0 Å². The predicted octanol–water partition coefficient (Wildman–Crippen LogP) is 3.95. The lowest BCUT2D eigenvalue weighted by atomic mass is 10.1. The number of methoxy groups -OCH3 is 1. The Morgan fingerprint density at radius 1 is 1.06 bits per heavy atom. The number of rotatable bonds is 9. The smallest absolute Gasteiger partial charge is 0.268 e. The number of amides is 2. The molecule has 7 nitrogen and oxygen atoms in total. The molecule has 7 heteroatoms. The summed E-state index contributed by atoms with van der Waals surface area (Å²) >= 11 is 0. The number of aryl methyl sites for hydroxylation is 1. The molecule has 0 saturated heterocycles. The van der Waals surface area contributed by atoms with E-state index in [2.05, 4.69) is 10.6 Å². The number of hydrogen-bond donors (Lipinski definition) is 2. The van der Waals surface area contributed by atoms with Gasteiger partial charge in [-0.2, -0.15) is 0 Å². The lowest BCUT2D eigenvalue weighted by Crippen LogP contribution is -2.41. The summed E-state index contributed by atoms with van der Waals surface area (Å²) in [7, 11) is 1.60. The molecule has 1 aromatic heterocycles. The van der Waals surface area contributed by atoms with E-state index < -0.39 is 5.91 Å². The predicted molar refractivity (Wildman–Crippen MR) is 121 cm³/mol. The van der Waals surface area contributed by atoms with Crippen molar-refractivity contribution in [3.05, 3.63) is 89.5 Å². The molecule has 0 aliphatic heterocycles. The quantitative estimate of drug-likeness (QED) is 0.498. The maximum Gasteiger partial charge on any atom is 0.268 e. The van der Waals surface area contributed by atoms with Gasteiger partial charge in [-0.1, -0.05) is 17.7 Å². The van der Waals surface area contributed by atoms with Gasteiger partial charge >= 0.3 is 0 Å². The van der Waals surface area contributed by atoms with Gasteiger partial charge in [0.25, 0.3) is 11.8 Å². The van der Waals surface area contributed by atoms with Gasteiger partial charge in [0.15, 0.2) is 0 Å². The minimum absolute atomic E-state index is 0.0720. The van der Waals surface area contributed by atoms with Crippen LogP contribution in [0, 0.1) is 6.92 Å². The third kappa shape index (κ3) is 6.50.